The summed E-state index contributed by atoms with van der Waals surface area (Å²) in [4.78, 5) is 11.6. The highest BCUT2D eigenvalue weighted by Gasteiger charge is 2.02. The van der Waals surface area contributed by atoms with Crippen LogP contribution in [0.5, 0.6) is 0 Å². The minimum Gasteiger partial charge on any atom is -0.463 e. The fourth-order valence-corrected chi connectivity index (χ4v) is 3.43. The van der Waals surface area contributed by atoms with Crippen molar-refractivity contribution < 1.29 is 47.4 Å². The highest BCUT2D eigenvalue weighted by molar-refractivity contribution is 5.69. The lowest BCUT2D eigenvalue weighted by atomic mass is 10.1. The number of esters is 1. The number of carbonyl (C=O) groups is 1. The lowest BCUT2D eigenvalue weighted by Gasteiger charge is -2.09. The topological polar surface area (TPSA) is 100 Å². The zero-order valence-electron chi connectivity index (χ0n) is 25.7. The molecule has 0 aromatic rings. The van der Waals surface area contributed by atoms with Crippen molar-refractivity contribution in [3.63, 3.8) is 0 Å². The summed E-state index contributed by atoms with van der Waals surface area (Å²) < 4.78 is 48.8. The molecule has 0 aliphatic heterocycles. The van der Waals surface area contributed by atoms with Crippen LogP contribution in [0.25, 0.3) is 0 Å². The lowest BCUT2D eigenvalue weighted by Crippen LogP contribution is -2.15. The fraction of sp³-hybridized carbons (Fsp3) is 0.967. The molecule has 0 saturated heterocycles. The largest absolute Gasteiger partial charge is 0.463 e. The van der Waals surface area contributed by atoms with E-state index in [0.29, 0.717) is 112 Å². The molecular formula is C30H60O10. The van der Waals surface area contributed by atoms with Gasteiger partial charge in [0.05, 0.1) is 99.1 Å². The van der Waals surface area contributed by atoms with Crippen molar-refractivity contribution in [2.75, 3.05) is 112 Å². The number of carbonyl (C=O) groups excluding carboxylic acids is 1. The molecule has 0 unspecified atom stereocenters. The lowest BCUT2D eigenvalue weighted by molar-refractivity contribution is -0.145. The van der Waals surface area contributed by atoms with Crippen LogP contribution in [0.3, 0.4) is 0 Å². The van der Waals surface area contributed by atoms with Crippen LogP contribution >= 0.6 is 0 Å². The highest BCUT2D eigenvalue weighted by Crippen LogP contribution is 2.07. The second kappa shape index (κ2) is 36.2. The second-order valence-corrected chi connectivity index (χ2v) is 9.34. The van der Waals surface area contributed by atoms with Crippen molar-refractivity contribution in [1.82, 2.24) is 0 Å². The molecule has 10 nitrogen and oxygen atoms in total. The van der Waals surface area contributed by atoms with E-state index in [4.69, 9.17) is 42.6 Å². The van der Waals surface area contributed by atoms with E-state index < -0.39 is 0 Å². The zero-order chi connectivity index (χ0) is 29.0. The molecule has 0 atom stereocenters. The van der Waals surface area contributed by atoms with Gasteiger partial charge in [-0.3, -0.25) is 4.79 Å². The zero-order valence-corrected chi connectivity index (χ0v) is 25.7. The van der Waals surface area contributed by atoms with Gasteiger partial charge >= 0.3 is 5.97 Å². The van der Waals surface area contributed by atoms with Crippen LogP contribution in [0.1, 0.15) is 78.1 Å². The Bertz CT molecular complexity index is 481. The normalized spacial score (nSPS) is 11.3. The van der Waals surface area contributed by atoms with E-state index in [-0.39, 0.29) is 5.97 Å². The molecular weight excluding hydrogens is 520 g/mol. The summed E-state index contributed by atoms with van der Waals surface area (Å²) in [5.74, 6) is -0.138. The summed E-state index contributed by atoms with van der Waals surface area (Å²) in [6.45, 7) is 13.3. The first-order valence-electron chi connectivity index (χ1n) is 15.6. The maximum absolute atomic E-state index is 11.6. The van der Waals surface area contributed by atoms with E-state index in [1.54, 1.807) is 0 Å². The van der Waals surface area contributed by atoms with Gasteiger partial charge in [0.15, 0.2) is 0 Å². The van der Waals surface area contributed by atoms with Crippen molar-refractivity contribution in [1.29, 1.82) is 0 Å². The summed E-state index contributed by atoms with van der Waals surface area (Å²) in [7, 11) is 0. The summed E-state index contributed by atoms with van der Waals surface area (Å²) in [5.41, 5.74) is 0. The molecule has 0 N–H and O–H groups in total. The molecule has 0 aliphatic rings. The number of hydrogen-bond acceptors (Lipinski definition) is 10. The number of unbranched alkanes of at least 4 members (excludes halogenated alkanes) is 7. The molecule has 10 heteroatoms. The van der Waals surface area contributed by atoms with E-state index in [0.717, 1.165) is 25.9 Å². The van der Waals surface area contributed by atoms with Gasteiger partial charge in [0.25, 0.3) is 0 Å². The number of rotatable bonds is 35. The number of ether oxygens (including phenoxy) is 9. The molecule has 0 aromatic heterocycles. The Morgan fingerprint density at radius 1 is 0.350 bits per heavy atom. The third kappa shape index (κ3) is 35.2. The van der Waals surface area contributed by atoms with Crippen molar-refractivity contribution in [2.24, 2.45) is 0 Å². The predicted octanol–water partition coefficient (Wildman–Crippen LogP) is 4.60. The molecule has 40 heavy (non-hydrogen) atoms. The van der Waals surface area contributed by atoms with Crippen LogP contribution in [0, 0.1) is 0 Å². The molecule has 0 fully saturated rings. The maximum Gasteiger partial charge on any atom is 0.305 e. The molecule has 0 bridgehead atoms. The Hall–Kier alpha value is -0.850. The van der Waals surface area contributed by atoms with Crippen LogP contribution in [0.4, 0.5) is 0 Å². The molecule has 240 valence electrons. The van der Waals surface area contributed by atoms with E-state index in [2.05, 4.69) is 13.8 Å². The van der Waals surface area contributed by atoms with Gasteiger partial charge in [-0.05, 0) is 12.8 Å². The predicted molar refractivity (Wildman–Crippen MR) is 155 cm³/mol. The van der Waals surface area contributed by atoms with Gasteiger partial charge in [-0.15, -0.1) is 0 Å². The van der Waals surface area contributed by atoms with E-state index >= 15 is 0 Å². The van der Waals surface area contributed by atoms with Crippen LogP contribution < -0.4 is 0 Å². The van der Waals surface area contributed by atoms with Crippen LogP contribution in [0.15, 0.2) is 0 Å². The Kier molecular flexibility index (Phi) is 35.4. The van der Waals surface area contributed by atoms with Crippen molar-refractivity contribution in [3.8, 4) is 0 Å². The minimum absolute atomic E-state index is 0.138. The first-order valence-corrected chi connectivity index (χ1v) is 15.6. The number of hydrogen-bond donors (Lipinski definition) is 0. The van der Waals surface area contributed by atoms with Gasteiger partial charge in [-0.2, -0.15) is 0 Å². The Morgan fingerprint density at radius 2 is 0.650 bits per heavy atom. The molecule has 0 saturated carbocycles. The molecule has 0 aromatic carbocycles. The molecule has 0 rings (SSSR count). The average molecular weight is 581 g/mol. The quantitative estimate of drug-likeness (QED) is 0.0781. The third-order valence-corrected chi connectivity index (χ3v) is 5.72. The standard InChI is InChI=1S/C30H60O10/c1-3-5-7-8-9-10-12-30(31)40-29-28-39-27-26-38-25-24-37-23-22-36-21-20-35-19-18-34-17-16-33-15-14-32-13-11-6-4-2/h3-29H2,1-2H3. The summed E-state index contributed by atoms with van der Waals surface area (Å²) in [5, 5.41) is 0. The van der Waals surface area contributed by atoms with E-state index in [1.165, 1.54) is 38.5 Å². The van der Waals surface area contributed by atoms with Crippen LogP contribution in [0.2, 0.25) is 0 Å². The molecule has 0 aliphatic carbocycles. The molecule has 0 spiro atoms. The summed E-state index contributed by atoms with van der Waals surface area (Å²) in [6.07, 6.45) is 11.0. The summed E-state index contributed by atoms with van der Waals surface area (Å²) in [6, 6.07) is 0. The highest BCUT2D eigenvalue weighted by atomic mass is 16.6. The van der Waals surface area contributed by atoms with Crippen LogP contribution in [-0.2, 0) is 47.4 Å². The smallest absolute Gasteiger partial charge is 0.305 e. The summed E-state index contributed by atoms with van der Waals surface area (Å²) >= 11 is 0. The molecule has 0 amide bonds. The SMILES string of the molecule is CCCCCCCCC(=O)OCCOCCOCCOCCOCCOCCOCCOCCOCCCCC. The van der Waals surface area contributed by atoms with E-state index in [9.17, 15) is 4.79 Å². The van der Waals surface area contributed by atoms with Gasteiger partial charge in [0.1, 0.15) is 6.61 Å². The van der Waals surface area contributed by atoms with Gasteiger partial charge in [-0.25, -0.2) is 0 Å². The minimum atomic E-state index is -0.138. The first-order chi connectivity index (χ1) is 19.8. The van der Waals surface area contributed by atoms with Gasteiger partial charge < -0.3 is 42.6 Å². The Balaban J connectivity index is 3.09. The van der Waals surface area contributed by atoms with Gasteiger partial charge in [-0.1, -0.05) is 58.8 Å². The molecule has 0 radical (unpaired) electrons. The van der Waals surface area contributed by atoms with E-state index in [1.807, 2.05) is 0 Å². The third-order valence-electron chi connectivity index (χ3n) is 5.72. The first kappa shape index (κ1) is 39.1. The second-order valence-electron chi connectivity index (χ2n) is 9.34. The van der Waals surface area contributed by atoms with Crippen molar-refractivity contribution in [3.05, 3.63) is 0 Å². The Morgan fingerprint density at radius 3 is 1.05 bits per heavy atom. The average Bonchev–Trinajstić information content (AvgIpc) is 2.96. The molecule has 0 heterocycles. The van der Waals surface area contributed by atoms with Gasteiger partial charge in [0, 0.05) is 13.0 Å². The van der Waals surface area contributed by atoms with Crippen LogP contribution in [-0.4, -0.2) is 118 Å². The fourth-order valence-electron chi connectivity index (χ4n) is 3.43. The Labute approximate surface area is 244 Å². The monoisotopic (exact) mass is 580 g/mol. The van der Waals surface area contributed by atoms with Gasteiger partial charge in [0.2, 0.25) is 0 Å². The maximum atomic E-state index is 11.6. The van der Waals surface area contributed by atoms with Crippen molar-refractivity contribution in [2.45, 2.75) is 78.1 Å². The van der Waals surface area contributed by atoms with Crippen molar-refractivity contribution >= 4 is 5.97 Å².